The summed E-state index contributed by atoms with van der Waals surface area (Å²) in [6.07, 6.45) is 0.800. The number of hydrogen-bond acceptors (Lipinski definition) is 7. The van der Waals surface area contributed by atoms with Gasteiger partial charge in [-0.2, -0.15) is 0 Å². The minimum Gasteiger partial charge on any atom is -0.480 e. The molecule has 2 fully saturated rings. The van der Waals surface area contributed by atoms with Crippen LogP contribution >= 0.6 is 0 Å². The number of carboxylic acid groups (broad SMARTS) is 1. The summed E-state index contributed by atoms with van der Waals surface area (Å²) in [5.74, 6) is -0.181. The summed E-state index contributed by atoms with van der Waals surface area (Å²) in [7, 11) is 2.12. The van der Waals surface area contributed by atoms with E-state index in [1.165, 1.54) is 0 Å². The fourth-order valence-corrected chi connectivity index (χ4v) is 4.34. The van der Waals surface area contributed by atoms with Crippen LogP contribution in [0.3, 0.4) is 0 Å². The number of hydrogen-bond donors (Lipinski definition) is 2. The predicted octanol–water partition coefficient (Wildman–Crippen LogP) is 0.455. The quantitative estimate of drug-likeness (QED) is 0.502. The second-order valence-electron chi connectivity index (χ2n) is 8.66. The Balaban J connectivity index is 1.25. The van der Waals surface area contributed by atoms with Crippen LogP contribution in [0, 0.1) is 5.41 Å². The smallest absolute Gasteiger partial charge is 0.317 e. The van der Waals surface area contributed by atoms with Crippen molar-refractivity contribution in [3.8, 4) is 0 Å². The van der Waals surface area contributed by atoms with Gasteiger partial charge in [-0.1, -0.05) is 29.4 Å². The number of amidine groups is 1. The maximum Gasteiger partial charge on any atom is 0.317 e. The highest BCUT2D eigenvalue weighted by Crippen LogP contribution is 2.19. The normalized spacial score (nSPS) is 23.5. The first-order valence-electron chi connectivity index (χ1n) is 11.0. The van der Waals surface area contributed by atoms with Crippen LogP contribution in [0.4, 0.5) is 0 Å². The Morgan fingerprint density at radius 2 is 1.71 bits per heavy atom. The summed E-state index contributed by atoms with van der Waals surface area (Å²) < 4.78 is 0. The molecular formula is C22H32N6O3. The molecule has 2 N–H and O–H groups in total. The van der Waals surface area contributed by atoms with E-state index in [1.807, 2.05) is 29.2 Å². The maximum absolute atomic E-state index is 10.8. The van der Waals surface area contributed by atoms with Crippen LogP contribution in [-0.4, -0.2) is 121 Å². The molecule has 0 amide bonds. The zero-order valence-electron chi connectivity index (χ0n) is 18.2. The molecule has 1 atom stereocenters. The lowest BCUT2D eigenvalue weighted by atomic mass is 10.0. The first-order valence-corrected chi connectivity index (χ1v) is 11.0. The number of likely N-dealkylation sites (N-methyl/N-ethyl adjacent to an activating group) is 1. The van der Waals surface area contributed by atoms with Crippen molar-refractivity contribution in [2.24, 2.45) is 5.16 Å². The van der Waals surface area contributed by atoms with Crippen molar-refractivity contribution in [3.63, 3.8) is 0 Å². The molecule has 1 aromatic carbocycles. The molecular weight excluding hydrogens is 396 g/mol. The van der Waals surface area contributed by atoms with Crippen LogP contribution < -0.4 is 0 Å². The van der Waals surface area contributed by atoms with Gasteiger partial charge in [0.1, 0.15) is 11.9 Å². The fraction of sp³-hybridized carbons (Fsp3) is 0.591. The van der Waals surface area contributed by atoms with Crippen molar-refractivity contribution >= 4 is 17.5 Å². The van der Waals surface area contributed by atoms with E-state index in [0.29, 0.717) is 5.84 Å². The highest BCUT2D eigenvalue weighted by molar-refractivity contribution is 6.02. The van der Waals surface area contributed by atoms with Gasteiger partial charge in [0.15, 0.2) is 0 Å². The molecule has 4 rings (SSSR count). The van der Waals surface area contributed by atoms with E-state index < -0.39 is 5.97 Å². The number of piperazine rings is 2. The first kappa shape index (κ1) is 21.7. The highest BCUT2D eigenvalue weighted by Gasteiger charge is 2.27. The Morgan fingerprint density at radius 3 is 2.35 bits per heavy atom. The van der Waals surface area contributed by atoms with Crippen LogP contribution in [0.25, 0.3) is 0 Å². The second kappa shape index (κ2) is 9.76. The van der Waals surface area contributed by atoms with Gasteiger partial charge in [-0.15, -0.1) is 0 Å². The SMILES string of the molecule is CN1CCN(C(=N)c2ccc(C3=NO[C@H](CN4CCN(CC(=O)O)CC4)C3)cc2)CC1. The number of rotatable bonds is 6. The van der Waals surface area contributed by atoms with Gasteiger partial charge in [0, 0.05) is 70.9 Å². The summed E-state index contributed by atoms with van der Waals surface area (Å²) in [6, 6.07) is 8.09. The minimum absolute atomic E-state index is 0.0318. The summed E-state index contributed by atoms with van der Waals surface area (Å²) in [4.78, 5) is 25.2. The molecule has 168 valence electrons. The Bertz CT molecular complexity index is 811. The van der Waals surface area contributed by atoms with Crippen molar-refractivity contribution in [1.29, 1.82) is 5.41 Å². The third-order valence-corrected chi connectivity index (χ3v) is 6.33. The van der Waals surface area contributed by atoms with E-state index in [1.54, 1.807) is 0 Å². The Hall–Kier alpha value is -2.49. The molecule has 3 heterocycles. The van der Waals surface area contributed by atoms with E-state index in [2.05, 4.69) is 26.9 Å². The van der Waals surface area contributed by atoms with E-state index in [4.69, 9.17) is 15.4 Å². The van der Waals surface area contributed by atoms with Gasteiger partial charge in [-0.25, -0.2) is 0 Å². The van der Waals surface area contributed by atoms with Crippen LogP contribution in [0.2, 0.25) is 0 Å². The number of carbonyl (C=O) groups is 1. The van der Waals surface area contributed by atoms with E-state index in [0.717, 1.165) is 82.2 Å². The molecule has 0 aromatic heterocycles. The van der Waals surface area contributed by atoms with Crippen molar-refractivity contribution in [2.75, 3.05) is 72.5 Å². The van der Waals surface area contributed by atoms with Crippen LogP contribution in [-0.2, 0) is 9.63 Å². The lowest BCUT2D eigenvalue weighted by molar-refractivity contribution is -0.138. The molecule has 0 unspecified atom stereocenters. The van der Waals surface area contributed by atoms with Gasteiger partial charge in [0.25, 0.3) is 0 Å². The first-order chi connectivity index (χ1) is 15.0. The average Bonchev–Trinajstić information content (AvgIpc) is 3.23. The minimum atomic E-state index is -0.768. The lowest BCUT2D eigenvalue weighted by Crippen LogP contribution is -2.49. The van der Waals surface area contributed by atoms with Crippen molar-refractivity contribution in [3.05, 3.63) is 35.4 Å². The topological polar surface area (TPSA) is 95.7 Å². The highest BCUT2D eigenvalue weighted by atomic mass is 16.6. The molecule has 9 nitrogen and oxygen atoms in total. The molecule has 31 heavy (non-hydrogen) atoms. The van der Waals surface area contributed by atoms with Crippen LogP contribution in [0.5, 0.6) is 0 Å². The second-order valence-corrected chi connectivity index (χ2v) is 8.66. The Morgan fingerprint density at radius 1 is 1.06 bits per heavy atom. The van der Waals surface area contributed by atoms with Gasteiger partial charge in [-0.3, -0.25) is 20.0 Å². The van der Waals surface area contributed by atoms with Gasteiger partial charge in [0.2, 0.25) is 0 Å². The molecule has 0 spiro atoms. The van der Waals surface area contributed by atoms with Gasteiger partial charge >= 0.3 is 5.97 Å². The van der Waals surface area contributed by atoms with Gasteiger partial charge < -0.3 is 19.7 Å². The molecule has 3 aliphatic rings. The zero-order valence-corrected chi connectivity index (χ0v) is 18.2. The fourth-order valence-electron chi connectivity index (χ4n) is 4.34. The number of nitrogens with one attached hydrogen (secondary N) is 1. The monoisotopic (exact) mass is 428 g/mol. The lowest BCUT2D eigenvalue weighted by Gasteiger charge is -2.34. The number of nitrogens with zero attached hydrogens (tertiary/aromatic N) is 5. The molecule has 1 aromatic rings. The van der Waals surface area contributed by atoms with Crippen LogP contribution in [0.15, 0.2) is 29.4 Å². The maximum atomic E-state index is 10.8. The summed E-state index contributed by atoms with van der Waals surface area (Å²) in [5.41, 5.74) is 2.93. The third-order valence-electron chi connectivity index (χ3n) is 6.33. The van der Waals surface area contributed by atoms with Gasteiger partial charge in [0.05, 0.1) is 12.3 Å². The molecule has 3 aliphatic heterocycles. The summed E-state index contributed by atoms with van der Waals surface area (Å²) >= 11 is 0. The summed E-state index contributed by atoms with van der Waals surface area (Å²) in [5, 5.41) is 21.7. The molecule has 9 heteroatoms. The molecule has 0 saturated carbocycles. The van der Waals surface area contributed by atoms with E-state index in [9.17, 15) is 4.79 Å². The Labute approximate surface area is 183 Å². The standard InChI is InChI=1S/C22H32N6O3/c1-25-6-12-28(13-7-25)22(23)18-4-2-17(3-5-18)20-14-19(31-24-20)15-26-8-10-27(11-9-26)16-21(29)30/h2-5,19,23H,6-16H2,1H3,(H,29,30)/t19-/m0/s1. The zero-order chi connectivity index (χ0) is 21.8. The predicted molar refractivity (Wildman–Crippen MR) is 119 cm³/mol. The number of benzene rings is 1. The molecule has 0 aliphatic carbocycles. The third kappa shape index (κ3) is 5.61. The Kier molecular flexibility index (Phi) is 6.84. The van der Waals surface area contributed by atoms with Crippen molar-refractivity contribution < 1.29 is 14.7 Å². The molecule has 0 radical (unpaired) electrons. The van der Waals surface area contributed by atoms with Gasteiger partial charge in [-0.05, 0) is 12.6 Å². The number of carboxylic acids is 1. The summed E-state index contributed by atoms with van der Waals surface area (Å²) in [6.45, 7) is 7.93. The average molecular weight is 429 g/mol. The molecule has 2 saturated heterocycles. The van der Waals surface area contributed by atoms with Crippen LogP contribution in [0.1, 0.15) is 17.5 Å². The molecule has 0 bridgehead atoms. The number of aliphatic carboxylic acids is 1. The van der Waals surface area contributed by atoms with E-state index >= 15 is 0 Å². The van der Waals surface area contributed by atoms with E-state index in [-0.39, 0.29) is 12.6 Å². The number of oxime groups is 1. The largest absolute Gasteiger partial charge is 0.480 e. The van der Waals surface area contributed by atoms with Crippen molar-refractivity contribution in [2.45, 2.75) is 12.5 Å². The van der Waals surface area contributed by atoms with Crippen molar-refractivity contribution in [1.82, 2.24) is 19.6 Å².